The van der Waals surface area contributed by atoms with E-state index >= 15 is 0 Å². The van der Waals surface area contributed by atoms with E-state index in [0.717, 1.165) is 10.9 Å². The van der Waals surface area contributed by atoms with Gasteiger partial charge in [-0.3, -0.25) is 9.89 Å². The van der Waals surface area contributed by atoms with Gasteiger partial charge < -0.3 is 10.0 Å². The van der Waals surface area contributed by atoms with Crippen molar-refractivity contribution in [3.05, 3.63) is 49.2 Å². The minimum absolute atomic E-state index is 0.0158. The van der Waals surface area contributed by atoms with Crippen molar-refractivity contribution in [1.82, 2.24) is 15.1 Å². The fourth-order valence-electron chi connectivity index (χ4n) is 2.10. The van der Waals surface area contributed by atoms with Gasteiger partial charge in [-0.05, 0) is 11.6 Å². The van der Waals surface area contributed by atoms with Crippen LogP contribution in [0.3, 0.4) is 0 Å². The third-order valence-electron chi connectivity index (χ3n) is 3.08. The number of aromatic hydroxyl groups is 1. The molecule has 0 saturated carbocycles. The van der Waals surface area contributed by atoms with E-state index in [1.807, 2.05) is 0 Å². The van der Waals surface area contributed by atoms with Crippen LogP contribution in [0.4, 0.5) is 0 Å². The van der Waals surface area contributed by atoms with E-state index in [4.69, 9.17) is 0 Å². The number of rotatable bonds is 6. The third-order valence-corrected chi connectivity index (χ3v) is 3.08. The van der Waals surface area contributed by atoms with E-state index in [2.05, 4.69) is 23.4 Å². The standard InChI is InChI=1S/C15H17N3O2/c1-3-7-18(8-4-2)14(20)9-11-5-6-13(19)15-12(11)10-16-17-15/h3-6,10,19H,1-2,7-9H2,(H,16,17). The molecule has 0 aliphatic heterocycles. The van der Waals surface area contributed by atoms with Gasteiger partial charge in [-0.15, -0.1) is 13.2 Å². The zero-order valence-electron chi connectivity index (χ0n) is 11.2. The Morgan fingerprint density at radius 3 is 2.70 bits per heavy atom. The maximum atomic E-state index is 12.3. The van der Waals surface area contributed by atoms with E-state index in [-0.39, 0.29) is 18.1 Å². The van der Waals surface area contributed by atoms with Crippen LogP contribution in [0.25, 0.3) is 10.9 Å². The van der Waals surface area contributed by atoms with Crippen molar-refractivity contribution in [2.24, 2.45) is 0 Å². The lowest BCUT2D eigenvalue weighted by Gasteiger charge is -2.19. The number of carbonyl (C=O) groups excluding carboxylic acids is 1. The predicted octanol–water partition coefficient (Wildman–Crippen LogP) is 2.01. The number of H-pyrrole nitrogens is 1. The number of hydrogen-bond donors (Lipinski definition) is 2. The van der Waals surface area contributed by atoms with Gasteiger partial charge in [0, 0.05) is 18.5 Å². The van der Waals surface area contributed by atoms with Gasteiger partial charge in [-0.25, -0.2) is 0 Å². The van der Waals surface area contributed by atoms with Gasteiger partial charge in [0.2, 0.25) is 5.91 Å². The summed E-state index contributed by atoms with van der Waals surface area (Å²) in [5, 5.41) is 17.1. The zero-order valence-corrected chi connectivity index (χ0v) is 11.2. The van der Waals surface area contributed by atoms with Crippen molar-refractivity contribution in [2.75, 3.05) is 13.1 Å². The molecule has 0 fully saturated rings. The van der Waals surface area contributed by atoms with Crippen LogP contribution < -0.4 is 0 Å². The number of nitrogens with zero attached hydrogens (tertiary/aromatic N) is 2. The fraction of sp³-hybridized carbons (Fsp3) is 0.200. The van der Waals surface area contributed by atoms with Crippen LogP contribution >= 0.6 is 0 Å². The first-order chi connectivity index (χ1) is 9.67. The summed E-state index contributed by atoms with van der Waals surface area (Å²) in [4.78, 5) is 13.9. The molecule has 0 spiro atoms. The molecule has 2 N–H and O–H groups in total. The quantitative estimate of drug-likeness (QED) is 0.790. The molecule has 0 aliphatic rings. The lowest BCUT2D eigenvalue weighted by Crippen LogP contribution is -2.32. The Morgan fingerprint density at radius 1 is 1.35 bits per heavy atom. The number of phenolic OH excluding ortho intramolecular Hbond substituents is 1. The summed E-state index contributed by atoms with van der Waals surface area (Å²) in [6.45, 7) is 8.27. The second-order valence-corrected chi connectivity index (χ2v) is 4.46. The number of benzene rings is 1. The van der Waals surface area contributed by atoms with Crippen LogP contribution in [0.2, 0.25) is 0 Å². The number of fused-ring (bicyclic) bond motifs is 1. The molecule has 1 aromatic heterocycles. The van der Waals surface area contributed by atoms with E-state index in [0.29, 0.717) is 18.6 Å². The minimum atomic E-state index is -0.0158. The Labute approximate surface area is 117 Å². The van der Waals surface area contributed by atoms with Crippen LogP contribution in [0.1, 0.15) is 5.56 Å². The van der Waals surface area contributed by atoms with Crippen molar-refractivity contribution in [3.63, 3.8) is 0 Å². The number of nitrogens with one attached hydrogen (secondary N) is 1. The van der Waals surface area contributed by atoms with Crippen LogP contribution in [0, 0.1) is 0 Å². The average Bonchev–Trinajstić information content (AvgIpc) is 2.92. The summed E-state index contributed by atoms with van der Waals surface area (Å²) in [6, 6.07) is 3.31. The summed E-state index contributed by atoms with van der Waals surface area (Å²) in [5.74, 6) is 0.112. The van der Waals surface area contributed by atoms with Gasteiger partial charge in [0.15, 0.2) is 0 Å². The average molecular weight is 271 g/mol. The predicted molar refractivity (Wildman–Crippen MR) is 78.4 cm³/mol. The Bertz CT molecular complexity index is 636. The zero-order chi connectivity index (χ0) is 14.5. The third kappa shape index (κ3) is 2.71. The highest BCUT2D eigenvalue weighted by Gasteiger charge is 2.15. The molecule has 20 heavy (non-hydrogen) atoms. The van der Waals surface area contributed by atoms with Crippen LogP contribution in [-0.4, -0.2) is 39.2 Å². The van der Waals surface area contributed by atoms with E-state index < -0.39 is 0 Å². The van der Waals surface area contributed by atoms with E-state index in [1.165, 1.54) is 0 Å². The number of aromatic amines is 1. The van der Waals surface area contributed by atoms with Gasteiger partial charge in [-0.2, -0.15) is 5.10 Å². The lowest BCUT2D eigenvalue weighted by atomic mass is 10.1. The lowest BCUT2D eigenvalue weighted by molar-refractivity contribution is -0.129. The molecule has 1 heterocycles. The van der Waals surface area contributed by atoms with Crippen LogP contribution in [0.15, 0.2) is 43.6 Å². The van der Waals surface area contributed by atoms with Crippen LogP contribution in [0.5, 0.6) is 5.75 Å². The molecule has 104 valence electrons. The molecule has 0 radical (unpaired) electrons. The van der Waals surface area contributed by atoms with Gasteiger partial charge in [0.25, 0.3) is 0 Å². The Hall–Kier alpha value is -2.56. The molecule has 1 amide bonds. The summed E-state index contributed by atoms with van der Waals surface area (Å²) >= 11 is 0. The Kier molecular flexibility index (Phi) is 4.20. The molecule has 5 heteroatoms. The second-order valence-electron chi connectivity index (χ2n) is 4.46. The molecule has 0 unspecified atom stereocenters. The van der Waals surface area contributed by atoms with Crippen molar-refractivity contribution in [2.45, 2.75) is 6.42 Å². The largest absolute Gasteiger partial charge is 0.506 e. The molecular weight excluding hydrogens is 254 g/mol. The number of amides is 1. The summed E-state index contributed by atoms with van der Waals surface area (Å²) in [6.07, 6.45) is 5.23. The molecule has 2 rings (SSSR count). The smallest absolute Gasteiger partial charge is 0.227 e. The van der Waals surface area contributed by atoms with Crippen molar-refractivity contribution in [3.8, 4) is 5.75 Å². The SMILES string of the molecule is C=CCN(CC=C)C(=O)Cc1ccc(O)c2[nH]ncc12. The molecule has 0 saturated heterocycles. The highest BCUT2D eigenvalue weighted by atomic mass is 16.3. The summed E-state index contributed by atoms with van der Waals surface area (Å²) < 4.78 is 0. The molecule has 0 bridgehead atoms. The number of carbonyl (C=O) groups is 1. The van der Waals surface area contributed by atoms with Gasteiger partial charge in [0.1, 0.15) is 11.3 Å². The normalized spacial score (nSPS) is 10.4. The summed E-state index contributed by atoms with van der Waals surface area (Å²) in [5.41, 5.74) is 1.38. The molecule has 1 aromatic carbocycles. The summed E-state index contributed by atoms with van der Waals surface area (Å²) in [7, 11) is 0. The first-order valence-corrected chi connectivity index (χ1v) is 6.31. The van der Waals surface area contributed by atoms with Gasteiger partial charge in [-0.1, -0.05) is 18.2 Å². The highest BCUT2D eigenvalue weighted by Crippen LogP contribution is 2.25. The van der Waals surface area contributed by atoms with E-state index in [9.17, 15) is 9.90 Å². The Morgan fingerprint density at radius 2 is 2.05 bits per heavy atom. The number of hydrogen-bond acceptors (Lipinski definition) is 3. The Balaban J connectivity index is 2.25. The molecular formula is C15H17N3O2. The number of phenols is 1. The van der Waals surface area contributed by atoms with Gasteiger partial charge in [0.05, 0.1) is 12.6 Å². The molecule has 5 nitrogen and oxygen atoms in total. The topological polar surface area (TPSA) is 69.2 Å². The molecule has 0 aliphatic carbocycles. The molecule has 2 aromatic rings. The first-order valence-electron chi connectivity index (χ1n) is 6.31. The second kappa shape index (κ2) is 6.06. The van der Waals surface area contributed by atoms with Crippen molar-refractivity contribution in [1.29, 1.82) is 0 Å². The van der Waals surface area contributed by atoms with Crippen molar-refractivity contribution >= 4 is 16.8 Å². The maximum absolute atomic E-state index is 12.3. The molecule has 0 atom stereocenters. The monoisotopic (exact) mass is 271 g/mol. The minimum Gasteiger partial charge on any atom is -0.506 e. The van der Waals surface area contributed by atoms with E-state index in [1.54, 1.807) is 35.4 Å². The maximum Gasteiger partial charge on any atom is 0.227 e. The number of aromatic nitrogens is 2. The van der Waals surface area contributed by atoms with Crippen LogP contribution in [-0.2, 0) is 11.2 Å². The first kappa shape index (κ1) is 13.9. The van der Waals surface area contributed by atoms with Crippen molar-refractivity contribution < 1.29 is 9.90 Å². The fourth-order valence-corrected chi connectivity index (χ4v) is 2.10. The van der Waals surface area contributed by atoms with Gasteiger partial charge >= 0.3 is 0 Å². The highest BCUT2D eigenvalue weighted by molar-refractivity contribution is 5.91.